The highest BCUT2D eigenvalue weighted by Crippen LogP contribution is 2.41. The van der Waals surface area contributed by atoms with Crippen molar-refractivity contribution in [3.63, 3.8) is 0 Å². The molecule has 16 heavy (non-hydrogen) atoms. The van der Waals surface area contributed by atoms with Crippen LogP contribution in [-0.2, 0) is 14.1 Å². The lowest BCUT2D eigenvalue weighted by Crippen LogP contribution is -2.00. The molecular formula is C11H15N5. The van der Waals surface area contributed by atoms with Gasteiger partial charge in [0.1, 0.15) is 17.3 Å². The highest BCUT2D eigenvalue weighted by atomic mass is 15.2. The molecule has 2 aromatic heterocycles. The second-order valence-corrected chi connectivity index (χ2v) is 4.44. The quantitative estimate of drug-likeness (QED) is 0.824. The maximum absolute atomic E-state index is 6.07. The van der Waals surface area contributed by atoms with Gasteiger partial charge in [-0.05, 0) is 12.8 Å². The number of anilines is 1. The van der Waals surface area contributed by atoms with Crippen LogP contribution in [0.25, 0.3) is 11.3 Å². The second kappa shape index (κ2) is 3.10. The Labute approximate surface area is 93.9 Å². The number of rotatable bonds is 2. The van der Waals surface area contributed by atoms with Crippen LogP contribution >= 0.6 is 0 Å². The molecule has 0 aliphatic heterocycles. The van der Waals surface area contributed by atoms with Crippen LogP contribution in [0, 0.1) is 0 Å². The zero-order valence-electron chi connectivity index (χ0n) is 9.51. The van der Waals surface area contributed by atoms with Crippen molar-refractivity contribution in [1.82, 2.24) is 19.3 Å². The summed E-state index contributed by atoms with van der Waals surface area (Å²) in [5, 5.41) is 4.15. The van der Waals surface area contributed by atoms with Gasteiger partial charge in [0, 0.05) is 31.8 Å². The predicted molar refractivity (Wildman–Crippen MR) is 61.8 cm³/mol. The van der Waals surface area contributed by atoms with Gasteiger partial charge in [0.05, 0.1) is 6.20 Å². The molecule has 0 bridgehead atoms. The van der Waals surface area contributed by atoms with Crippen molar-refractivity contribution in [2.24, 2.45) is 14.1 Å². The van der Waals surface area contributed by atoms with Crippen molar-refractivity contribution in [3.05, 3.63) is 18.2 Å². The Balaban J connectivity index is 2.10. The van der Waals surface area contributed by atoms with E-state index in [4.69, 9.17) is 5.73 Å². The Hall–Kier alpha value is -1.78. The smallest absolute Gasteiger partial charge is 0.131 e. The topological polar surface area (TPSA) is 61.7 Å². The summed E-state index contributed by atoms with van der Waals surface area (Å²) in [6.45, 7) is 0. The third kappa shape index (κ3) is 1.31. The summed E-state index contributed by atoms with van der Waals surface area (Å²) in [7, 11) is 3.88. The lowest BCUT2D eigenvalue weighted by atomic mass is 10.2. The van der Waals surface area contributed by atoms with Crippen LogP contribution in [0.3, 0.4) is 0 Å². The zero-order chi connectivity index (χ0) is 11.3. The molecule has 5 heteroatoms. The minimum Gasteiger partial charge on any atom is -0.383 e. The molecule has 0 atom stereocenters. The van der Waals surface area contributed by atoms with Gasteiger partial charge < -0.3 is 10.3 Å². The summed E-state index contributed by atoms with van der Waals surface area (Å²) >= 11 is 0. The van der Waals surface area contributed by atoms with Gasteiger partial charge in [-0.3, -0.25) is 4.68 Å². The van der Waals surface area contributed by atoms with Gasteiger partial charge in [-0.25, -0.2) is 4.98 Å². The summed E-state index contributed by atoms with van der Waals surface area (Å²) in [5.41, 5.74) is 7.92. The van der Waals surface area contributed by atoms with E-state index < -0.39 is 0 Å². The van der Waals surface area contributed by atoms with Gasteiger partial charge in [0.25, 0.3) is 0 Å². The molecule has 0 spiro atoms. The van der Waals surface area contributed by atoms with Crippen molar-refractivity contribution in [3.8, 4) is 11.3 Å². The summed E-state index contributed by atoms with van der Waals surface area (Å²) in [6.07, 6.45) is 6.21. The predicted octanol–water partition coefficient (Wildman–Crippen LogP) is 1.28. The first-order valence-electron chi connectivity index (χ1n) is 5.48. The molecule has 1 aliphatic carbocycles. The standard InChI is InChI=1S/C11H15N5/c1-15-6-8(5-13-15)9-10(12)16(2)11(14-9)7-3-4-7/h5-7H,3-4,12H2,1-2H3. The minimum absolute atomic E-state index is 0.609. The Morgan fingerprint density at radius 1 is 1.38 bits per heavy atom. The Kier molecular flexibility index (Phi) is 1.83. The van der Waals surface area contributed by atoms with E-state index in [2.05, 4.69) is 10.1 Å². The van der Waals surface area contributed by atoms with E-state index in [1.807, 2.05) is 24.9 Å². The van der Waals surface area contributed by atoms with Gasteiger partial charge in [-0.1, -0.05) is 0 Å². The fraction of sp³-hybridized carbons (Fsp3) is 0.455. The molecule has 1 saturated carbocycles. The van der Waals surface area contributed by atoms with Gasteiger partial charge in [-0.15, -0.1) is 0 Å². The molecule has 2 aromatic rings. The molecule has 0 amide bonds. The molecule has 0 unspecified atom stereocenters. The number of nitrogens with zero attached hydrogens (tertiary/aromatic N) is 4. The number of aryl methyl sites for hydroxylation is 1. The van der Waals surface area contributed by atoms with Gasteiger partial charge >= 0.3 is 0 Å². The molecule has 1 aliphatic rings. The Morgan fingerprint density at radius 3 is 2.69 bits per heavy atom. The van der Waals surface area contributed by atoms with Crippen molar-refractivity contribution >= 4 is 5.82 Å². The third-order valence-corrected chi connectivity index (χ3v) is 3.09. The number of hydrogen-bond donors (Lipinski definition) is 1. The number of imidazole rings is 1. The van der Waals surface area contributed by atoms with Crippen LogP contribution in [0.4, 0.5) is 5.82 Å². The Bertz CT molecular complexity index is 533. The second-order valence-electron chi connectivity index (χ2n) is 4.44. The van der Waals surface area contributed by atoms with E-state index >= 15 is 0 Å². The SMILES string of the molecule is Cn1cc(-c2nc(C3CC3)n(C)c2N)cn1. The van der Waals surface area contributed by atoms with Gasteiger partial charge in [0.2, 0.25) is 0 Å². The summed E-state index contributed by atoms with van der Waals surface area (Å²) < 4.78 is 3.76. The zero-order valence-corrected chi connectivity index (χ0v) is 9.51. The highest BCUT2D eigenvalue weighted by Gasteiger charge is 2.30. The molecule has 3 rings (SSSR count). The molecule has 2 N–H and O–H groups in total. The molecule has 0 saturated heterocycles. The molecule has 5 nitrogen and oxygen atoms in total. The van der Waals surface area contributed by atoms with Crippen LogP contribution in [0.15, 0.2) is 12.4 Å². The third-order valence-electron chi connectivity index (χ3n) is 3.09. The van der Waals surface area contributed by atoms with E-state index in [0.29, 0.717) is 5.92 Å². The maximum Gasteiger partial charge on any atom is 0.131 e. The van der Waals surface area contributed by atoms with E-state index in [0.717, 1.165) is 22.9 Å². The van der Waals surface area contributed by atoms with E-state index in [1.165, 1.54) is 12.8 Å². The normalized spacial score (nSPS) is 15.6. The summed E-state index contributed by atoms with van der Waals surface area (Å²) in [4.78, 5) is 4.64. The van der Waals surface area contributed by atoms with E-state index in [1.54, 1.807) is 10.9 Å². The first-order valence-corrected chi connectivity index (χ1v) is 5.48. The molecular weight excluding hydrogens is 202 g/mol. The summed E-state index contributed by atoms with van der Waals surface area (Å²) in [6, 6.07) is 0. The van der Waals surface area contributed by atoms with Crippen molar-refractivity contribution in [2.75, 3.05) is 5.73 Å². The molecule has 84 valence electrons. The Morgan fingerprint density at radius 2 is 2.12 bits per heavy atom. The molecule has 2 heterocycles. The van der Waals surface area contributed by atoms with Crippen LogP contribution < -0.4 is 5.73 Å². The molecule has 1 fully saturated rings. The van der Waals surface area contributed by atoms with E-state index in [9.17, 15) is 0 Å². The molecule has 0 radical (unpaired) electrons. The van der Waals surface area contributed by atoms with E-state index in [-0.39, 0.29) is 0 Å². The van der Waals surface area contributed by atoms with Crippen LogP contribution in [0.1, 0.15) is 24.6 Å². The van der Waals surface area contributed by atoms with Crippen molar-refractivity contribution in [1.29, 1.82) is 0 Å². The largest absolute Gasteiger partial charge is 0.383 e. The first-order chi connectivity index (χ1) is 7.66. The van der Waals surface area contributed by atoms with Gasteiger partial charge in [-0.2, -0.15) is 5.10 Å². The number of hydrogen-bond acceptors (Lipinski definition) is 3. The lowest BCUT2D eigenvalue weighted by molar-refractivity contribution is 0.768. The maximum atomic E-state index is 6.07. The molecule has 0 aromatic carbocycles. The minimum atomic E-state index is 0.609. The fourth-order valence-electron chi connectivity index (χ4n) is 1.99. The van der Waals surface area contributed by atoms with Crippen LogP contribution in [0.2, 0.25) is 0 Å². The number of nitrogen functional groups attached to an aromatic ring is 1. The fourth-order valence-corrected chi connectivity index (χ4v) is 1.99. The van der Waals surface area contributed by atoms with Crippen molar-refractivity contribution in [2.45, 2.75) is 18.8 Å². The number of aromatic nitrogens is 4. The highest BCUT2D eigenvalue weighted by molar-refractivity contribution is 5.70. The number of nitrogens with two attached hydrogens (primary N) is 1. The monoisotopic (exact) mass is 217 g/mol. The first kappa shape index (κ1) is 9.45. The summed E-state index contributed by atoms with van der Waals surface area (Å²) in [5.74, 6) is 2.45. The average Bonchev–Trinajstić information content (AvgIpc) is 2.95. The van der Waals surface area contributed by atoms with Gasteiger partial charge in [0.15, 0.2) is 0 Å². The lowest BCUT2D eigenvalue weighted by Gasteiger charge is -1.99. The average molecular weight is 217 g/mol. The van der Waals surface area contributed by atoms with Crippen LogP contribution in [0.5, 0.6) is 0 Å². The van der Waals surface area contributed by atoms with Crippen LogP contribution in [-0.4, -0.2) is 19.3 Å². The van der Waals surface area contributed by atoms with Crippen molar-refractivity contribution < 1.29 is 0 Å².